The lowest BCUT2D eigenvalue weighted by atomic mass is 10.1. The Labute approximate surface area is 149 Å². The number of hydrogen-bond donors (Lipinski definition) is 1. The third-order valence-electron chi connectivity index (χ3n) is 3.93. The van der Waals surface area contributed by atoms with Crippen LogP contribution < -0.4 is 10.7 Å². The number of carbonyl (C=O) groups is 1. The fourth-order valence-corrected chi connectivity index (χ4v) is 2.72. The van der Waals surface area contributed by atoms with Gasteiger partial charge in [0.05, 0.1) is 5.69 Å². The lowest BCUT2D eigenvalue weighted by molar-refractivity contribution is 0.0240. The van der Waals surface area contributed by atoms with Gasteiger partial charge in [0, 0.05) is 31.7 Å². The lowest BCUT2D eigenvalue weighted by Gasteiger charge is -2.36. The summed E-state index contributed by atoms with van der Waals surface area (Å²) in [6.45, 7) is 7.35. The predicted octanol–water partition coefficient (Wildman–Crippen LogP) is 2.23. The van der Waals surface area contributed by atoms with Crippen molar-refractivity contribution in [3.05, 3.63) is 34.6 Å². The van der Waals surface area contributed by atoms with Gasteiger partial charge >= 0.3 is 11.8 Å². The number of hydrogen-bond acceptors (Lipinski definition) is 6. The van der Waals surface area contributed by atoms with Gasteiger partial charge < -0.3 is 14.5 Å². The minimum Gasteiger partial charge on any atom is -0.444 e. The van der Waals surface area contributed by atoms with Crippen molar-refractivity contribution in [3.8, 4) is 11.4 Å². The molecule has 0 atom stereocenters. The van der Waals surface area contributed by atoms with E-state index < -0.39 is 17.2 Å². The number of benzene rings is 1. The quantitative estimate of drug-likeness (QED) is 0.879. The summed E-state index contributed by atoms with van der Waals surface area (Å²) in [7, 11) is 0. The van der Waals surface area contributed by atoms with Crippen molar-refractivity contribution in [2.75, 3.05) is 31.1 Å². The zero-order valence-electron chi connectivity index (χ0n) is 14.9. The summed E-state index contributed by atoms with van der Waals surface area (Å²) in [5.41, 5.74) is 0.311. The first-order chi connectivity index (χ1) is 12.2. The van der Waals surface area contributed by atoms with E-state index in [1.54, 1.807) is 17.0 Å². The van der Waals surface area contributed by atoms with Crippen LogP contribution in [0.2, 0.25) is 0 Å². The molecule has 1 aromatic heterocycles. The maximum Gasteiger partial charge on any atom is 0.439 e. The number of piperazine rings is 1. The van der Waals surface area contributed by atoms with E-state index in [2.05, 4.69) is 14.7 Å². The second-order valence-corrected chi connectivity index (χ2v) is 7.06. The molecule has 2 aromatic rings. The molecule has 1 aromatic carbocycles. The third kappa shape index (κ3) is 4.04. The van der Waals surface area contributed by atoms with E-state index in [0.717, 1.165) is 0 Å². The van der Waals surface area contributed by atoms with Gasteiger partial charge in [-0.15, -0.1) is 0 Å². The summed E-state index contributed by atoms with van der Waals surface area (Å²) >= 11 is 0. The molecule has 0 radical (unpaired) electrons. The molecule has 0 saturated carbocycles. The molecular formula is C17H21FN4O4. The van der Waals surface area contributed by atoms with Crippen LogP contribution in [0.15, 0.2) is 27.5 Å². The van der Waals surface area contributed by atoms with Crippen molar-refractivity contribution in [1.29, 1.82) is 0 Å². The first-order valence-electron chi connectivity index (χ1n) is 8.32. The van der Waals surface area contributed by atoms with Gasteiger partial charge in [0.15, 0.2) is 5.82 Å². The first-order valence-corrected chi connectivity index (χ1v) is 8.32. The summed E-state index contributed by atoms with van der Waals surface area (Å²) in [6.07, 6.45) is -0.358. The minimum absolute atomic E-state index is 0.176. The number of nitrogens with zero attached hydrogens (tertiary/aromatic N) is 3. The predicted molar refractivity (Wildman–Crippen MR) is 92.5 cm³/mol. The van der Waals surface area contributed by atoms with Crippen molar-refractivity contribution in [2.24, 2.45) is 0 Å². The fraction of sp³-hybridized carbons (Fsp3) is 0.471. The molecule has 1 saturated heterocycles. The van der Waals surface area contributed by atoms with E-state index >= 15 is 0 Å². The number of ether oxygens (including phenoxy) is 1. The van der Waals surface area contributed by atoms with Crippen molar-refractivity contribution in [1.82, 2.24) is 15.0 Å². The number of anilines is 1. The zero-order chi connectivity index (χ0) is 18.9. The van der Waals surface area contributed by atoms with Gasteiger partial charge in [-0.1, -0.05) is 5.16 Å². The Morgan fingerprint density at radius 1 is 1.27 bits per heavy atom. The largest absolute Gasteiger partial charge is 0.444 e. The Balaban J connectivity index is 1.66. The highest BCUT2D eigenvalue weighted by molar-refractivity contribution is 5.69. The highest BCUT2D eigenvalue weighted by atomic mass is 19.1. The monoisotopic (exact) mass is 364 g/mol. The normalized spacial score (nSPS) is 15.2. The van der Waals surface area contributed by atoms with Crippen LogP contribution in [0.25, 0.3) is 11.4 Å². The van der Waals surface area contributed by atoms with E-state index in [1.165, 1.54) is 6.07 Å². The van der Waals surface area contributed by atoms with Gasteiger partial charge in [-0.25, -0.2) is 14.0 Å². The van der Waals surface area contributed by atoms with Gasteiger partial charge in [0.2, 0.25) is 0 Å². The van der Waals surface area contributed by atoms with Gasteiger partial charge in [0.1, 0.15) is 11.4 Å². The Bertz CT molecular complexity index is 847. The van der Waals surface area contributed by atoms with Crippen LogP contribution in [-0.4, -0.2) is 52.9 Å². The van der Waals surface area contributed by atoms with Gasteiger partial charge in [0.25, 0.3) is 0 Å². The standard InChI is InChI=1S/C17H21FN4O4/c1-17(2,3)25-16(24)22-8-6-21(7-9-22)13-5-4-11(10-12(13)18)14-19-15(23)26-20-14/h4-5,10H,6-9H2,1-3H3,(H,19,20,23). The molecule has 1 fully saturated rings. The number of amides is 1. The average Bonchev–Trinajstić information content (AvgIpc) is 3.00. The first kappa shape index (κ1) is 18.0. The van der Waals surface area contributed by atoms with Crippen molar-refractivity contribution < 1.29 is 18.4 Å². The molecule has 2 heterocycles. The van der Waals surface area contributed by atoms with E-state index in [4.69, 9.17) is 4.74 Å². The van der Waals surface area contributed by atoms with Crippen LogP contribution in [-0.2, 0) is 4.74 Å². The molecule has 1 N–H and O–H groups in total. The number of halogens is 1. The number of aromatic amines is 1. The van der Waals surface area contributed by atoms with Crippen LogP contribution in [0.1, 0.15) is 20.8 Å². The minimum atomic E-state index is -0.692. The molecule has 140 valence electrons. The number of nitrogens with one attached hydrogen (secondary N) is 1. The van der Waals surface area contributed by atoms with Crippen LogP contribution in [0, 0.1) is 5.82 Å². The van der Waals surface area contributed by atoms with Crippen molar-refractivity contribution in [2.45, 2.75) is 26.4 Å². The van der Waals surface area contributed by atoms with Crippen LogP contribution in [0.5, 0.6) is 0 Å². The number of aromatic nitrogens is 2. The molecule has 1 aliphatic heterocycles. The highest BCUT2D eigenvalue weighted by Gasteiger charge is 2.27. The average molecular weight is 364 g/mol. The maximum absolute atomic E-state index is 14.5. The molecule has 3 rings (SSSR count). The van der Waals surface area contributed by atoms with E-state index in [-0.39, 0.29) is 11.9 Å². The molecule has 8 nitrogen and oxygen atoms in total. The van der Waals surface area contributed by atoms with Crippen LogP contribution in [0.4, 0.5) is 14.9 Å². The van der Waals surface area contributed by atoms with E-state index in [1.807, 2.05) is 25.7 Å². The smallest absolute Gasteiger partial charge is 0.439 e. The highest BCUT2D eigenvalue weighted by Crippen LogP contribution is 2.25. The molecule has 9 heteroatoms. The summed E-state index contributed by atoms with van der Waals surface area (Å²) in [6, 6.07) is 4.58. The number of rotatable bonds is 2. The maximum atomic E-state index is 14.5. The van der Waals surface area contributed by atoms with Gasteiger partial charge in [-0.3, -0.25) is 9.51 Å². The van der Waals surface area contributed by atoms with E-state index in [0.29, 0.717) is 37.4 Å². The Kier molecular flexibility index (Phi) is 4.71. The third-order valence-corrected chi connectivity index (χ3v) is 3.93. The Morgan fingerprint density at radius 2 is 1.96 bits per heavy atom. The molecule has 1 amide bonds. The second kappa shape index (κ2) is 6.81. The molecule has 1 aliphatic rings. The summed E-state index contributed by atoms with van der Waals surface area (Å²) in [4.78, 5) is 29.0. The van der Waals surface area contributed by atoms with Crippen molar-refractivity contribution >= 4 is 11.8 Å². The van der Waals surface area contributed by atoms with E-state index in [9.17, 15) is 14.0 Å². The van der Waals surface area contributed by atoms with Crippen LogP contribution in [0.3, 0.4) is 0 Å². The van der Waals surface area contributed by atoms with Crippen molar-refractivity contribution in [3.63, 3.8) is 0 Å². The second-order valence-electron chi connectivity index (χ2n) is 7.06. The number of carbonyl (C=O) groups excluding carboxylic acids is 1. The topological polar surface area (TPSA) is 91.7 Å². The van der Waals surface area contributed by atoms with Crippen LogP contribution >= 0.6 is 0 Å². The SMILES string of the molecule is CC(C)(C)OC(=O)N1CCN(c2ccc(-c3noc(=O)[nH]3)cc2F)CC1. The molecular weight excluding hydrogens is 343 g/mol. The molecule has 0 spiro atoms. The lowest BCUT2D eigenvalue weighted by Crippen LogP contribution is -2.50. The fourth-order valence-electron chi connectivity index (χ4n) is 2.72. The summed E-state index contributed by atoms with van der Waals surface area (Å²) in [5.74, 6) is -0.949. The van der Waals surface area contributed by atoms with Gasteiger partial charge in [-0.2, -0.15) is 0 Å². The summed E-state index contributed by atoms with van der Waals surface area (Å²) in [5, 5.41) is 3.55. The Hall–Kier alpha value is -2.84. The molecule has 0 bridgehead atoms. The Morgan fingerprint density at radius 3 is 2.50 bits per heavy atom. The summed E-state index contributed by atoms with van der Waals surface area (Å²) < 4.78 is 24.3. The molecule has 26 heavy (non-hydrogen) atoms. The molecule has 0 unspecified atom stereocenters. The van der Waals surface area contributed by atoms with Gasteiger partial charge in [-0.05, 0) is 39.0 Å². The zero-order valence-corrected chi connectivity index (χ0v) is 14.9. The molecule has 0 aliphatic carbocycles. The number of H-pyrrole nitrogens is 1.